The van der Waals surface area contributed by atoms with Crippen LogP contribution in [0.4, 0.5) is 5.69 Å². The van der Waals surface area contributed by atoms with Crippen molar-refractivity contribution < 1.29 is 4.92 Å². The SMILES string of the molecule is CCCNCC(C)Cn1ncc2ccc([N+](=O)[O-])cc21. The van der Waals surface area contributed by atoms with Crippen LogP contribution in [0.15, 0.2) is 24.4 Å². The molecule has 1 unspecified atom stereocenters. The average molecular weight is 276 g/mol. The molecule has 1 aromatic carbocycles. The quantitative estimate of drug-likeness (QED) is 0.479. The van der Waals surface area contributed by atoms with E-state index in [1.54, 1.807) is 18.3 Å². The Morgan fingerprint density at radius 2 is 2.30 bits per heavy atom. The molecular weight excluding hydrogens is 256 g/mol. The van der Waals surface area contributed by atoms with Gasteiger partial charge in [-0.15, -0.1) is 0 Å². The number of non-ortho nitro benzene ring substituents is 1. The van der Waals surface area contributed by atoms with Crippen molar-refractivity contribution in [2.45, 2.75) is 26.8 Å². The summed E-state index contributed by atoms with van der Waals surface area (Å²) < 4.78 is 1.85. The van der Waals surface area contributed by atoms with Crippen LogP contribution in [0, 0.1) is 16.0 Å². The van der Waals surface area contributed by atoms with Crippen LogP contribution in [-0.4, -0.2) is 27.8 Å². The van der Waals surface area contributed by atoms with Crippen molar-refractivity contribution in [3.63, 3.8) is 0 Å². The van der Waals surface area contributed by atoms with E-state index in [1.165, 1.54) is 6.07 Å². The van der Waals surface area contributed by atoms with Gasteiger partial charge in [-0.25, -0.2) is 0 Å². The smallest absolute Gasteiger partial charge is 0.271 e. The van der Waals surface area contributed by atoms with Crippen LogP contribution in [0.2, 0.25) is 0 Å². The minimum atomic E-state index is -0.372. The molecular formula is C14H20N4O2. The molecule has 0 bridgehead atoms. The van der Waals surface area contributed by atoms with Crippen molar-refractivity contribution in [3.05, 3.63) is 34.5 Å². The van der Waals surface area contributed by atoms with Crippen LogP contribution < -0.4 is 5.32 Å². The number of nitro groups is 1. The number of nitro benzene ring substituents is 1. The Morgan fingerprint density at radius 1 is 1.50 bits per heavy atom. The summed E-state index contributed by atoms with van der Waals surface area (Å²) in [6.07, 6.45) is 2.87. The molecule has 2 rings (SSSR count). The Balaban J connectivity index is 2.13. The summed E-state index contributed by atoms with van der Waals surface area (Å²) in [5.74, 6) is 0.420. The summed E-state index contributed by atoms with van der Waals surface area (Å²) in [6.45, 7) is 6.96. The highest BCUT2D eigenvalue weighted by atomic mass is 16.6. The van der Waals surface area contributed by atoms with Gasteiger partial charge in [0.2, 0.25) is 0 Å². The molecule has 0 aliphatic rings. The fourth-order valence-electron chi connectivity index (χ4n) is 2.20. The number of benzene rings is 1. The van der Waals surface area contributed by atoms with E-state index in [4.69, 9.17) is 0 Å². The van der Waals surface area contributed by atoms with E-state index in [2.05, 4.69) is 24.3 Å². The van der Waals surface area contributed by atoms with Crippen molar-refractivity contribution in [2.24, 2.45) is 5.92 Å². The highest BCUT2D eigenvalue weighted by molar-refractivity contribution is 5.80. The lowest BCUT2D eigenvalue weighted by atomic mass is 10.1. The summed E-state index contributed by atoms with van der Waals surface area (Å²) in [7, 11) is 0. The van der Waals surface area contributed by atoms with Gasteiger partial charge in [0, 0.05) is 24.1 Å². The number of hydrogen-bond donors (Lipinski definition) is 1. The molecule has 20 heavy (non-hydrogen) atoms. The maximum atomic E-state index is 10.8. The van der Waals surface area contributed by atoms with Gasteiger partial charge in [0.15, 0.2) is 0 Å². The predicted molar refractivity (Wildman–Crippen MR) is 78.7 cm³/mol. The van der Waals surface area contributed by atoms with Crippen molar-refractivity contribution in [1.29, 1.82) is 0 Å². The van der Waals surface area contributed by atoms with Gasteiger partial charge < -0.3 is 5.32 Å². The van der Waals surface area contributed by atoms with Crippen LogP contribution in [0.3, 0.4) is 0 Å². The van der Waals surface area contributed by atoms with Gasteiger partial charge in [-0.1, -0.05) is 13.8 Å². The molecule has 0 saturated heterocycles. The molecule has 1 atom stereocenters. The van der Waals surface area contributed by atoms with Crippen LogP contribution in [-0.2, 0) is 6.54 Å². The van der Waals surface area contributed by atoms with E-state index >= 15 is 0 Å². The Hall–Kier alpha value is -1.95. The molecule has 0 aliphatic heterocycles. The maximum Gasteiger partial charge on any atom is 0.271 e. The molecule has 2 aromatic rings. The van der Waals surface area contributed by atoms with Gasteiger partial charge in [0.05, 0.1) is 16.6 Å². The lowest BCUT2D eigenvalue weighted by Crippen LogP contribution is -2.25. The van der Waals surface area contributed by atoms with Gasteiger partial charge in [-0.05, 0) is 31.5 Å². The second-order valence-corrected chi connectivity index (χ2v) is 5.14. The molecule has 0 radical (unpaired) electrons. The zero-order chi connectivity index (χ0) is 14.5. The molecule has 1 heterocycles. The number of nitrogens with zero attached hydrogens (tertiary/aromatic N) is 3. The molecule has 0 spiro atoms. The largest absolute Gasteiger partial charge is 0.316 e. The van der Waals surface area contributed by atoms with Crippen LogP contribution >= 0.6 is 0 Å². The molecule has 0 fully saturated rings. The van der Waals surface area contributed by atoms with Crippen molar-refractivity contribution >= 4 is 16.6 Å². The third-order valence-corrected chi connectivity index (χ3v) is 3.24. The Morgan fingerprint density at radius 3 is 3.00 bits per heavy atom. The van der Waals surface area contributed by atoms with E-state index in [0.717, 1.165) is 37.0 Å². The number of fused-ring (bicyclic) bond motifs is 1. The molecule has 1 N–H and O–H groups in total. The number of rotatable bonds is 7. The molecule has 6 heteroatoms. The van der Waals surface area contributed by atoms with Crippen molar-refractivity contribution in [2.75, 3.05) is 13.1 Å². The summed E-state index contributed by atoms with van der Waals surface area (Å²) in [5, 5.41) is 19.5. The average Bonchev–Trinajstić information content (AvgIpc) is 2.81. The third kappa shape index (κ3) is 3.33. The van der Waals surface area contributed by atoms with Crippen molar-refractivity contribution in [1.82, 2.24) is 15.1 Å². The minimum Gasteiger partial charge on any atom is -0.316 e. The molecule has 0 aliphatic carbocycles. The van der Waals surface area contributed by atoms with E-state index in [1.807, 2.05) is 4.68 Å². The Kier molecular flexibility index (Phi) is 4.68. The first-order chi connectivity index (χ1) is 9.61. The van der Waals surface area contributed by atoms with E-state index in [-0.39, 0.29) is 10.6 Å². The number of aromatic nitrogens is 2. The van der Waals surface area contributed by atoms with E-state index in [0.29, 0.717) is 5.92 Å². The third-order valence-electron chi connectivity index (χ3n) is 3.24. The van der Waals surface area contributed by atoms with Crippen molar-refractivity contribution in [3.8, 4) is 0 Å². The highest BCUT2D eigenvalue weighted by Gasteiger charge is 2.11. The molecule has 1 aromatic heterocycles. The lowest BCUT2D eigenvalue weighted by molar-refractivity contribution is -0.384. The van der Waals surface area contributed by atoms with Crippen LogP contribution in [0.5, 0.6) is 0 Å². The molecule has 0 saturated carbocycles. The van der Waals surface area contributed by atoms with E-state index < -0.39 is 0 Å². The van der Waals surface area contributed by atoms with Crippen LogP contribution in [0.25, 0.3) is 10.9 Å². The maximum absolute atomic E-state index is 10.8. The highest BCUT2D eigenvalue weighted by Crippen LogP contribution is 2.21. The van der Waals surface area contributed by atoms with Crippen LogP contribution in [0.1, 0.15) is 20.3 Å². The zero-order valence-electron chi connectivity index (χ0n) is 11.9. The minimum absolute atomic E-state index is 0.107. The second-order valence-electron chi connectivity index (χ2n) is 5.14. The first kappa shape index (κ1) is 14.5. The number of nitrogens with one attached hydrogen (secondary N) is 1. The Bertz CT molecular complexity index is 594. The fraction of sp³-hybridized carbons (Fsp3) is 0.500. The zero-order valence-corrected chi connectivity index (χ0v) is 11.9. The first-order valence-electron chi connectivity index (χ1n) is 6.92. The lowest BCUT2D eigenvalue weighted by Gasteiger charge is -2.13. The monoisotopic (exact) mass is 276 g/mol. The Labute approximate surface area is 117 Å². The molecule has 6 nitrogen and oxygen atoms in total. The summed E-state index contributed by atoms with van der Waals surface area (Å²) in [4.78, 5) is 10.5. The molecule has 0 amide bonds. The summed E-state index contributed by atoms with van der Waals surface area (Å²) in [6, 6.07) is 4.85. The van der Waals surface area contributed by atoms with E-state index in [9.17, 15) is 10.1 Å². The summed E-state index contributed by atoms with van der Waals surface area (Å²) >= 11 is 0. The standard InChI is InChI=1S/C14H20N4O2/c1-3-6-15-8-11(2)10-17-14-7-13(18(19)20)5-4-12(14)9-16-17/h4-5,7,9,11,15H,3,6,8,10H2,1-2H3. The summed E-state index contributed by atoms with van der Waals surface area (Å²) in [5.41, 5.74) is 0.928. The number of hydrogen-bond acceptors (Lipinski definition) is 4. The predicted octanol–water partition coefficient (Wildman–Crippen LogP) is 2.58. The normalized spacial score (nSPS) is 12.7. The van der Waals surface area contributed by atoms with Gasteiger partial charge in [-0.2, -0.15) is 5.10 Å². The van der Waals surface area contributed by atoms with Gasteiger partial charge in [0.1, 0.15) is 0 Å². The topological polar surface area (TPSA) is 73.0 Å². The first-order valence-corrected chi connectivity index (χ1v) is 6.92. The van der Waals surface area contributed by atoms with Gasteiger partial charge in [0.25, 0.3) is 5.69 Å². The van der Waals surface area contributed by atoms with Gasteiger partial charge >= 0.3 is 0 Å². The van der Waals surface area contributed by atoms with Gasteiger partial charge in [-0.3, -0.25) is 14.8 Å². The molecule has 108 valence electrons. The fourth-order valence-corrected chi connectivity index (χ4v) is 2.20. The second kappa shape index (κ2) is 6.47.